The SMILES string of the molecule is CN(C)C(=O)[C@]12CCCN(S(C)(=O)=O)C[C@H]1CN(c1ncccn1)C2.O=C(O)C(F)(F)F. The molecule has 1 aromatic rings. The number of halogens is 3. The minimum absolute atomic E-state index is 0.0614. The highest BCUT2D eigenvalue weighted by Gasteiger charge is 2.54. The van der Waals surface area contributed by atoms with Crippen LogP contribution in [0.15, 0.2) is 18.5 Å². The topological polar surface area (TPSA) is 124 Å². The number of fused-ring (bicyclic) bond motifs is 1. The van der Waals surface area contributed by atoms with Gasteiger partial charge in [-0.25, -0.2) is 27.5 Å². The van der Waals surface area contributed by atoms with Gasteiger partial charge in [-0.1, -0.05) is 0 Å². The number of nitrogens with zero attached hydrogens (tertiary/aromatic N) is 5. The van der Waals surface area contributed by atoms with E-state index in [1.165, 1.54) is 10.6 Å². The van der Waals surface area contributed by atoms with Gasteiger partial charge in [-0.2, -0.15) is 13.2 Å². The van der Waals surface area contributed by atoms with E-state index in [0.717, 1.165) is 0 Å². The van der Waals surface area contributed by atoms with Gasteiger partial charge in [0, 0.05) is 58.6 Å². The number of sulfonamides is 1. The van der Waals surface area contributed by atoms with Gasteiger partial charge in [-0.15, -0.1) is 0 Å². The molecule has 3 heterocycles. The Kier molecular flexibility index (Phi) is 7.71. The zero-order valence-corrected chi connectivity index (χ0v) is 18.7. The molecule has 1 amide bonds. The molecular weight excluding hydrogens is 455 g/mol. The molecular formula is C18H26F3N5O5S. The molecule has 3 rings (SSSR count). The molecule has 2 saturated heterocycles. The van der Waals surface area contributed by atoms with Crippen LogP contribution in [-0.2, 0) is 19.6 Å². The quantitative estimate of drug-likeness (QED) is 0.668. The van der Waals surface area contributed by atoms with Crippen LogP contribution >= 0.6 is 0 Å². The van der Waals surface area contributed by atoms with Crippen LogP contribution in [-0.4, -0.2) is 97.3 Å². The third-order valence-corrected chi connectivity index (χ3v) is 6.80. The van der Waals surface area contributed by atoms with Crippen molar-refractivity contribution in [1.82, 2.24) is 19.2 Å². The van der Waals surface area contributed by atoms with Gasteiger partial charge in [-0.3, -0.25) is 4.79 Å². The lowest BCUT2D eigenvalue weighted by Crippen LogP contribution is -2.47. The van der Waals surface area contributed by atoms with Gasteiger partial charge in [0.05, 0.1) is 11.7 Å². The summed E-state index contributed by atoms with van der Waals surface area (Å²) in [6, 6.07) is 1.75. The first-order valence-corrected chi connectivity index (χ1v) is 11.5. The van der Waals surface area contributed by atoms with Crippen molar-refractivity contribution in [3.8, 4) is 0 Å². The molecule has 0 aromatic carbocycles. The van der Waals surface area contributed by atoms with Gasteiger partial charge < -0.3 is 14.9 Å². The highest BCUT2D eigenvalue weighted by atomic mass is 32.2. The third-order valence-electron chi connectivity index (χ3n) is 5.53. The molecule has 10 nitrogen and oxygen atoms in total. The van der Waals surface area contributed by atoms with Gasteiger partial charge in [0.2, 0.25) is 21.9 Å². The maximum atomic E-state index is 13.1. The minimum atomic E-state index is -5.08. The molecule has 14 heteroatoms. The van der Waals surface area contributed by atoms with Crippen LogP contribution in [0.1, 0.15) is 12.8 Å². The molecule has 0 unspecified atom stereocenters. The fourth-order valence-corrected chi connectivity index (χ4v) is 5.01. The molecule has 2 atom stereocenters. The van der Waals surface area contributed by atoms with Crippen LogP contribution in [0.25, 0.3) is 0 Å². The summed E-state index contributed by atoms with van der Waals surface area (Å²) >= 11 is 0. The Morgan fingerprint density at radius 3 is 2.25 bits per heavy atom. The van der Waals surface area contributed by atoms with E-state index in [1.54, 1.807) is 37.5 Å². The minimum Gasteiger partial charge on any atom is -0.475 e. The first-order valence-electron chi connectivity index (χ1n) is 9.67. The van der Waals surface area contributed by atoms with E-state index in [9.17, 15) is 26.4 Å². The van der Waals surface area contributed by atoms with Gasteiger partial charge in [0.25, 0.3) is 0 Å². The van der Waals surface area contributed by atoms with E-state index in [2.05, 4.69) is 9.97 Å². The Balaban J connectivity index is 0.000000451. The molecule has 32 heavy (non-hydrogen) atoms. The molecule has 1 aromatic heterocycles. The van der Waals surface area contributed by atoms with Gasteiger partial charge in [0.1, 0.15) is 0 Å². The summed E-state index contributed by atoms with van der Waals surface area (Å²) in [6.45, 7) is 1.94. The second kappa shape index (κ2) is 9.57. The number of aromatic nitrogens is 2. The van der Waals surface area contributed by atoms with Crippen LogP contribution in [0.3, 0.4) is 0 Å². The van der Waals surface area contributed by atoms with Gasteiger partial charge in [0.15, 0.2) is 0 Å². The predicted molar refractivity (Wildman–Crippen MR) is 108 cm³/mol. The number of aliphatic carboxylic acids is 1. The second-order valence-electron chi connectivity index (χ2n) is 8.01. The van der Waals surface area contributed by atoms with Crippen molar-refractivity contribution in [1.29, 1.82) is 0 Å². The van der Waals surface area contributed by atoms with E-state index in [1.807, 2.05) is 4.90 Å². The summed E-state index contributed by atoms with van der Waals surface area (Å²) in [7, 11) is 0.234. The van der Waals surface area contributed by atoms with Gasteiger partial charge >= 0.3 is 12.1 Å². The normalized spacial score (nSPS) is 24.1. The van der Waals surface area contributed by atoms with Crippen LogP contribution in [0.4, 0.5) is 19.1 Å². The molecule has 1 N–H and O–H groups in total. The largest absolute Gasteiger partial charge is 0.490 e. The summed E-state index contributed by atoms with van der Waals surface area (Å²) in [5.41, 5.74) is -0.595. The van der Waals surface area contributed by atoms with E-state index in [0.29, 0.717) is 45.0 Å². The maximum absolute atomic E-state index is 13.1. The Morgan fingerprint density at radius 2 is 1.78 bits per heavy atom. The smallest absolute Gasteiger partial charge is 0.475 e. The highest BCUT2D eigenvalue weighted by molar-refractivity contribution is 7.88. The van der Waals surface area contributed by atoms with Crippen molar-refractivity contribution in [2.75, 3.05) is 51.4 Å². The first kappa shape index (κ1) is 25.8. The molecule has 2 aliphatic rings. The zero-order chi connectivity index (χ0) is 24.3. The maximum Gasteiger partial charge on any atom is 0.490 e. The van der Waals surface area contributed by atoms with E-state index in [-0.39, 0.29) is 11.8 Å². The number of hydrogen-bond donors (Lipinski definition) is 1. The van der Waals surface area contributed by atoms with Crippen molar-refractivity contribution < 1.29 is 36.3 Å². The van der Waals surface area contributed by atoms with Crippen LogP contribution in [0, 0.1) is 11.3 Å². The summed E-state index contributed by atoms with van der Waals surface area (Å²) < 4.78 is 57.4. The average molecular weight is 481 g/mol. The van der Waals surface area contributed by atoms with E-state index >= 15 is 0 Å². The number of anilines is 1. The van der Waals surface area contributed by atoms with Crippen molar-refractivity contribution in [2.24, 2.45) is 11.3 Å². The highest BCUT2D eigenvalue weighted by Crippen LogP contribution is 2.44. The Morgan fingerprint density at radius 1 is 1.22 bits per heavy atom. The Bertz CT molecular complexity index is 929. The molecule has 0 bridgehead atoms. The lowest BCUT2D eigenvalue weighted by atomic mass is 9.74. The Labute approximate surface area is 184 Å². The van der Waals surface area contributed by atoms with Crippen molar-refractivity contribution in [2.45, 2.75) is 19.0 Å². The number of hydrogen-bond acceptors (Lipinski definition) is 7. The fraction of sp³-hybridized carbons (Fsp3) is 0.667. The first-order chi connectivity index (χ1) is 14.7. The lowest BCUT2D eigenvalue weighted by Gasteiger charge is -2.34. The third kappa shape index (κ3) is 5.85. The number of carbonyl (C=O) groups is 2. The summed E-state index contributed by atoms with van der Waals surface area (Å²) in [5, 5.41) is 7.12. The molecule has 180 valence electrons. The summed E-state index contributed by atoms with van der Waals surface area (Å²) in [5.74, 6) is -2.19. The average Bonchev–Trinajstić information content (AvgIpc) is 2.95. The fourth-order valence-electron chi connectivity index (χ4n) is 4.10. The number of carboxylic acid groups (broad SMARTS) is 1. The van der Waals surface area contributed by atoms with Crippen molar-refractivity contribution in [3.05, 3.63) is 18.5 Å². The molecule has 0 spiro atoms. The number of carboxylic acids is 1. The molecule has 2 fully saturated rings. The van der Waals surface area contributed by atoms with Gasteiger partial charge in [-0.05, 0) is 18.9 Å². The number of rotatable bonds is 3. The molecule has 0 aliphatic carbocycles. The Hall–Kier alpha value is -2.48. The zero-order valence-electron chi connectivity index (χ0n) is 17.9. The molecule has 0 saturated carbocycles. The van der Waals surface area contributed by atoms with Crippen molar-refractivity contribution in [3.63, 3.8) is 0 Å². The van der Waals surface area contributed by atoms with Crippen LogP contribution in [0.2, 0.25) is 0 Å². The molecule has 0 radical (unpaired) electrons. The monoisotopic (exact) mass is 481 g/mol. The van der Waals surface area contributed by atoms with E-state index < -0.39 is 27.6 Å². The number of amides is 1. The lowest BCUT2D eigenvalue weighted by molar-refractivity contribution is -0.192. The van der Waals surface area contributed by atoms with Crippen LogP contribution < -0.4 is 4.90 Å². The molecule has 2 aliphatic heterocycles. The van der Waals surface area contributed by atoms with Crippen molar-refractivity contribution >= 4 is 27.8 Å². The number of alkyl halides is 3. The summed E-state index contributed by atoms with van der Waals surface area (Å²) in [6.07, 6.45) is 0.858. The summed E-state index contributed by atoms with van der Waals surface area (Å²) in [4.78, 5) is 34.2. The second-order valence-corrected chi connectivity index (χ2v) is 9.99. The predicted octanol–water partition coefficient (Wildman–Crippen LogP) is 0.676. The van der Waals surface area contributed by atoms with Crippen LogP contribution in [0.5, 0.6) is 0 Å². The number of carbonyl (C=O) groups excluding carboxylic acids is 1. The standard InChI is InChI=1S/C16H25N5O3S.C2HF3O2/c1-19(2)14(22)16-6-4-9-21(25(3,23)24)11-13(16)10-20(12-16)15-17-7-5-8-18-15;3-2(4,5)1(6)7/h5,7-8,13H,4,6,9-12H2,1-3H3;(H,6,7)/t13-,16+;/m1./s1. The van der Waals surface area contributed by atoms with E-state index in [4.69, 9.17) is 9.90 Å².